The van der Waals surface area contributed by atoms with Crippen LogP contribution in [0.15, 0.2) is 36.8 Å². The second kappa shape index (κ2) is 9.85. The molecule has 1 atom stereocenters. The van der Waals surface area contributed by atoms with Gasteiger partial charge in [0.15, 0.2) is 0 Å². The summed E-state index contributed by atoms with van der Waals surface area (Å²) in [6.07, 6.45) is 10.0. The van der Waals surface area contributed by atoms with Gasteiger partial charge in [0.05, 0.1) is 12.5 Å². The second-order valence-electron chi connectivity index (χ2n) is 9.30. The standard InChI is InChI=1S/C26H30N6O3/c1-17-28-14-20(15-29-17)22(13-24(33)34)32-11-10-31-16-18(12-23(31)26(32)35)4-2-6-21-8-7-19-5-3-9-27-25(19)30-21/h7-8,12,14-16,22H,2-6,9-11,13H2,1H3,(H,27,30)(H,33,34)/t22-/m0/s1. The molecule has 5 heterocycles. The van der Waals surface area contributed by atoms with E-state index in [1.165, 1.54) is 5.56 Å². The Balaban J connectivity index is 1.26. The van der Waals surface area contributed by atoms with Crippen molar-refractivity contribution in [3.8, 4) is 0 Å². The van der Waals surface area contributed by atoms with Gasteiger partial charge >= 0.3 is 5.97 Å². The number of rotatable bonds is 8. The predicted octanol–water partition coefficient (Wildman–Crippen LogP) is 3.19. The summed E-state index contributed by atoms with van der Waals surface area (Å²) >= 11 is 0. The summed E-state index contributed by atoms with van der Waals surface area (Å²) in [6.45, 7) is 3.82. The number of carbonyl (C=O) groups is 2. The van der Waals surface area contributed by atoms with Crippen molar-refractivity contribution in [2.45, 2.75) is 58.0 Å². The largest absolute Gasteiger partial charge is 0.481 e. The van der Waals surface area contributed by atoms with E-state index in [0.29, 0.717) is 30.2 Å². The smallest absolute Gasteiger partial charge is 0.305 e. The van der Waals surface area contributed by atoms with Crippen molar-refractivity contribution >= 4 is 17.7 Å². The summed E-state index contributed by atoms with van der Waals surface area (Å²) in [5.74, 6) is 0.509. The molecule has 0 saturated heterocycles. The molecule has 0 radical (unpaired) electrons. The molecule has 5 rings (SSSR count). The van der Waals surface area contributed by atoms with Crippen LogP contribution in [-0.4, -0.2) is 54.5 Å². The minimum absolute atomic E-state index is 0.156. The highest BCUT2D eigenvalue weighted by molar-refractivity contribution is 5.94. The minimum Gasteiger partial charge on any atom is -0.481 e. The number of amides is 1. The van der Waals surface area contributed by atoms with Crippen molar-refractivity contribution < 1.29 is 14.7 Å². The van der Waals surface area contributed by atoms with Crippen molar-refractivity contribution in [2.24, 2.45) is 0 Å². The molecule has 9 heteroatoms. The molecule has 2 aliphatic rings. The molecule has 0 aliphatic carbocycles. The number of hydrogen-bond donors (Lipinski definition) is 2. The molecular weight excluding hydrogens is 444 g/mol. The maximum Gasteiger partial charge on any atom is 0.305 e. The van der Waals surface area contributed by atoms with Crippen LogP contribution in [0.3, 0.4) is 0 Å². The van der Waals surface area contributed by atoms with Gasteiger partial charge in [-0.05, 0) is 62.3 Å². The van der Waals surface area contributed by atoms with Crippen LogP contribution in [0.4, 0.5) is 5.82 Å². The van der Waals surface area contributed by atoms with E-state index in [9.17, 15) is 14.7 Å². The number of fused-ring (bicyclic) bond motifs is 2. The van der Waals surface area contributed by atoms with Crippen LogP contribution in [-0.2, 0) is 30.6 Å². The molecule has 0 unspecified atom stereocenters. The van der Waals surface area contributed by atoms with Crippen molar-refractivity contribution in [1.29, 1.82) is 0 Å². The van der Waals surface area contributed by atoms with Crippen LogP contribution in [0.5, 0.6) is 0 Å². The lowest BCUT2D eigenvalue weighted by Gasteiger charge is -2.34. The lowest BCUT2D eigenvalue weighted by molar-refractivity contribution is -0.138. The average molecular weight is 475 g/mol. The maximum atomic E-state index is 13.4. The zero-order valence-corrected chi connectivity index (χ0v) is 19.9. The van der Waals surface area contributed by atoms with Gasteiger partial charge in [-0.2, -0.15) is 0 Å². The quantitative estimate of drug-likeness (QED) is 0.515. The lowest BCUT2D eigenvalue weighted by Crippen LogP contribution is -2.43. The number of aryl methyl sites for hydroxylation is 4. The van der Waals surface area contributed by atoms with E-state index in [0.717, 1.165) is 55.7 Å². The van der Waals surface area contributed by atoms with E-state index in [1.54, 1.807) is 24.2 Å². The van der Waals surface area contributed by atoms with Crippen molar-refractivity contribution in [3.63, 3.8) is 0 Å². The molecule has 0 saturated carbocycles. The molecule has 3 aromatic heterocycles. The fourth-order valence-electron chi connectivity index (χ4n) is 4.96. The van der Waals surface area contributed by atoms with E-state index in [-0.39, 0.29) is 12.3 Å². The SMILES string of the molecule is Cc1ncc([C@H](CC(=O)O)N2CCn3cc(CCCc4ccc5c(n4)NCCC5)cc3C2=O)cn1. The zero-order chi connectivity index (χ0) is 24.4. The number of nitrogens with zero attached hydrogens (tertiary/aromatic N) is 5. The first kappa shape index (κ1) is 23.0. The van der Waals surface area contributed by atoms with Gasteiger partial charge in [-0.3, -0.25) is 9.59 Å². The monoisotopic (exact) mass is 474 g/mol. The van der Waals surface area contributed by atoms with Crippen LogP contribution in [0.2, 0.25) is 0 Å². The number of nitrogens with one attached hydrogen (secondary N) is 1. The van der Waals surface area contributed by atoms with Crippen molar-refractivity contribution in [3.05, 3.63) is 70.7 Å². The minimum atomic E-state index is -0.962. The Morgan fingerprint density at radius 3 is 2.83 bits per heavy atom. The van der Waals surface area contributed by atoms with Crippen LogP contribution in [0.25, 0.3) is 0 Å². The van der Waals surface area contributed by atoms with Crippen molar-refractivity contribution in [1.82, 2.24) is 24.4 Å². The first-order chi connectivity index (χ1) is 17.0. The fourth-order valence-corrected chi connectivity index (χ4v) is 4.96. The first-order valence-electron chi connectivity index (χ1n) is 12.2. The molecular formula is C26H30N6O3. The van der Waals surface area contributed by atoms with Crippen LogP contribution < -0.4 is 5.32 Å². The number of carboxylic acids is 1. The van der Waals surface area contributed by atoms with Gasteiger partial charge in [0, 0.05) is 49.5 Å². The van der Waals surface area contributed by atoms with E-state index in [4.69, 9.17) is 4.98 Å². The van der Waals surface area contributed by atoms with Gasteiger partial charge in [-0.25, -0.2) is 15.0 Å². The molecule has 2 N–H and O–H groups in total. The Labute approximate surface area is 204 Å². The average Bonchev–Trinajstić information content (AvgIpc) is 3.27. The van der Waals surface area contributed by atoms with Gasteiger partial charge < -0.3 is 19.9 Å². The molecule has 0 bridgehead atoms. The Kier molecular flexibility index (Phi) is 6.48. The highest BCUT2D eigenvalue weighted by atomic mass is 16.4. The highest BCUT2D eigenvalue weighted by Gasteiger charge is 2.33. The lowest BCUT2D eigenvalue weighted by atomic mass is 10.0. The molecule has 0 aromatic carbocycles. The predicted molar refractivity (Wildman–Crippen MR) is 130 cm³/mol. The normalized spacial score (nSPS) is 15.8. The first-order valence-corrected chi connectivity index (χ1v) is 12.2. The zero-order valence-electron chi connectivity index (χ0n) is 19.9. The summed E-state index contributed by atoms with van der Waals surface area (Å²) in [7, 11) is 0. The van der Waals surface area contributed by atoms with E-state index >= 15 is 0 Å². The number of aliphatic carboxylic acids is 1. The highest BCUT2D eigenvalue weighted by Crippen LogP contribution is 2.29. The number of carbonyl (C=O) groups excluding carboxylic acids is 1. The third-order valence-corrected chi connectivity index (χ3v) is 6.80. The summed E-state index contributed by atoms with van der Waals surface area (Å²) in [6, 6.07) is 5.65. The summed E-state index contributed by atoms with van der Waals surface area (Å²) in [4.78, 5) is 39.8. The summed E-state index contributed by atoms with van der Waals surface area (Å²) in [5, 5.41) is 12.9. The van der Waals surface area contributed by atoms with Crippen LogP contribution >= 0.6 is 0 Å². The Morgan fingerprint density at radius 1 is 1.20 bits per heavy atom. The fraction of sp³-hybridized carbons (Fsp3) is 0.423. The number of hydrogen-bond acceptors (Lipinski definition) is 6. The molecule has 182 valence electrons. The number of pyridine rings is 1. The van der Waals surface area contributed by atoms with Gasteiger partial charge in [0.2, 0.25) is 0 Å². The van der Waals surface area contributed by atoms with Crippen LogP contribution in [0.1, 0.15) is 64.0 Å². The molecule has 0 spiro atoms. The molecule has 1 amide bonds. The molecule has 9 nitrogen and oxygen atoms in total. The topological polar surface area (TPSA) is 113 Å². The number of carboxylic acid groups (broad SMARTS) is 1. The molecule has 2 aliphatic heterocycles. The molecule has 3 aromatic rings. The van der Waals surface area contributed by atoms with Gasteiger partial charge in [0.1, 0.15) is 17.3 Å². The van der Waals surface area contributed by atoms with Gasteiger partial charge in [-0.15, -0.1) is 0 Å². The maximum absolute atomic E-state index is 13.4. The van der Waals surface area contributed by atoms with Crippen molar-refractivity contribution in [2.75, 3.05) is 18.4 Å². The van der Waals surface area contributed by atoms with E-state index in [1.807, 2.05) is 16.8 Å². The van der Waals surface area contributed by atoms with Gasteiger partial charge in [0.25, 0.3) is 5.91 Å². The summed E-state index contributed by atoms with van der Waals surface area (Å²) in [5.41, 5.74) is 4.73. The number of anilines is 1. The van der Waals surface area contributed by atoms with E-state index in [2.05, 4.69) is 27.4 Å². The van der Waals surface area contributed by atoms with E-state index < -0.39 is 12.0 Å². The Hall–Kier alpha value is -3.75. The third-order valence-electron chi connectivity index (χ3n) is 6.80. The summed E-state index contributed by atoms with van der Waals surface area (Å²) < 4.78 is 1.98. The Morgan fingerprint density at radius 2 is 2.03 bits per heavy atom. The van der Waals surface area contributed by atoms with Gasteiger partial charge in [-0.1, -0.05) is 6.07 Å². The number of aromatic nitrogens is 4. The van der Waals surface area contributed by atoms with Crippen LogP contribution in [0, 0.1) is 6.92 Å². The molecule has 0 fully saturated rings. The Bertz CT molecular complexity index is 1240. The third kappa shape index (κ3) is 5.03. The second-order valence-corrected chi connectivity index (χ2v) is 9.30. The molecule has 35 heavy (non-hydrogen) atoms.